The Hall–Kier alpha value is -0.0800. The smallest absolute Gasteiger partial charge is 0.0850 e. The van der Waals surface area contributed by atoms with Gasteiger partial charge >= 0.3 is 0 Å². The van der Waals surface area contributed by atoms with E-state index in [1.165, 1.54) is 44.9 Å². The summed E-state index contributed by atoms with van der Waals surface area (Å²) in [5.74, 6) is 1.73. The summed E-state index contributed by atoms with van der Waals surface area (Å²) in [6.07, 6.45) is 10.5. The van der Waals surface area contributed by atoms with Crippen molar-refractivity contribution in [2.75, 3.05) is 13.2 Å². The Labute approximate surface area is 101 Å². The lowest BCUT2D eigenvalue weighted by Gasteiger charge is -2.27. The van der Waals surface area contributed by atoms with Crippen LogP contribution in [0.2, 0.25) is 0 Å². The van der Waals surface area contributed by atoms with E-state index in [1.807, 2.05) is 0 Å². The van der Waals surface area contributed by atoms with Gasteiger partial charge in [-0.2, -0.15) is 0 Å². The summed E-state index contributed by atoms with van der Waals surface area (Å²) in [4.78, 5) is 10.4. The van der Waals surface area contributed by atoms with Gasteiger partial charge in [-0.1, -0.05) is 46.0 Å². The van der Waals surface area contributed by atoms with Gasteiger partial charge in [0, 0.05) is 0 Å². The van der Waals surface area contributed by atoms with Crippen LogP contribution in [0, 0.1) is 11.8 Å². The molecule has 96 valence electrons. The maximum Gasteiger partial charge on any atom is 0.0850 e. The van der Waals surface area contributed by atoms with Crippen LogP contribution in [0.15, 0.2) is 0 Å². The first-order valence-electron chi connectivity index (χ1n) is 7.11. The van der Waals surface area contributed by atoms with E-state index in [1.54, 1.807) is 0 Å². The minimum absolute atomic E-state index is 0.745. The zero-order valence-corrected chi connectivity index (χ0v) is 11.0. The predicted molar refractivity (Wildman–Crippen MR) is 67.2 cm³/mol. The average molecular weight is 228 g/mol. The molecule has 0 N–H and O–H groups in total. The minimum atomic E-state index is 0.745. The number of hydrogen-bond donors (Lipinski definition) is 0. The van der Waals surface area contributed by atoms with Crippen molar-refractivity contribution >= 4 is 0 Å². The highest BCUT2D eigenvalue weighted by Crippen LogP contribution is 2.31. The third kappa shape index (κ3) is 5.86. The van der Waals surface area contributed by atoms with Gasteiger partial charge in [-0.25, -0.2) is 9.78 Å². The number of rotatable bonds is 8. The average Bonchev–Trinajstić information content (AvgIpc) is 2.31. The summed E-state index contributed by atoms with van der Waals surface area (Å²) in [6.45, 7) is 6.01. The standard InChI is InChI=1S/C14H28O2/c1-3-5-11-15-16-12-14-9-7-13(6-4-2)8-10-14/h13-14H,3-12H2,1-2H3. The first kappa shape index (κ1) is 14.0. The van der Waals surface area contributed by atoms with Gasteiger partial charge in [-0.15, -0.1) is 0 Å². The quantitative estimate of drug-likeness (QED) is 0.349. The summed E-state index contributed by atoms with van der Waals surface area (Å²) in [7, 11) is 0. The Kier molecular flexibility index (Phi) is 7.87. The normalized spacial score (nSPS) is 25.9. The van der Waals surface area contributed by atoms with Crippen LogP contribution in [-0.2, 0) is 9.78 Å². The summed E-state index contributed by atoms with van der Waals surface area (Å²) in [5, 5.41) is 0. The molecule has 0 bridgehead atoms. The fourth-order valence-corrected chi connectivity index (χ4v) is 2.50. The molecule has 0 aliphatic heterocycles. The number of unbranched alkanes of at least 4 members (excludes halogenated alkanes) is 1. The Morgan fingerprint density at radius 3 is 2.19 bits per heavy atom. The zero-order chi connectivity index (χ0) is 11.6. The summed E-state index contributed by atoms with van der Waals surface area (Å²) in [6, 6.07) is 0. The van der Waals surface area contributed by atoms with Crippen molar-refractivity contribution in [1.82, 2.24) is 0 Å². The molecule has 0 amide bonds. The zero-order valence-electron chi connectivity index (χ0n) is 11.0. The van der Waals surface area contributed by atoms with E-state index in [4.69, 9.17) is 9.78 Å². The van der Waals surface area contributed by atoms with Gasteiger partial charge in [-0.3, -0.25) is 0 Å². The van der Waals surface area contributed by atoms with Crippen molar-refractivity contribution in [3.63, 3.8) is 0 Å². The second-order valence-corrected chi connectivity index (χ2v) is 5.14. The molecule has 0 aromatic heterocycles. The molecular weight excluding hydrogens is 200 g/mol. The van der Waals surface area contributed by atoms with Crippen LogP contribution in [0.25, 0.3) is 0 Å². The summed E-state index contributed by atoms with van der Waals surface area (Å²) in [5.41, 5.74) is 0. The predicted octanol–water partition coefficient (Wildman–Crippen LogP) is 4.34. The van der Waals surface area contributed by atoms with E-state index in [0.29, 0.717) is 0 Å². The fraction of sp³-hybridized carbons (Fsp3) is 1.00. The van der Waals surface area contributed by atoms with Crippen LogP contribution in [0.3, 0.4) is 0 Å². The Balaban J connectivity index is 1.95. The van der Waals surface area contributed by atoms with Gasteiger partial charge in [-0.05, 0) is 31.1 Å². The van der Waals surface area contributed by atoms with E-state index in [2.05, 4.69) is 13.8 Å². The van der Waals surface area contributed by atoms with Crippen LogP contribution >= 0.6 is 0 Å². The molecule has 1 fully saturated rings. The highest BCUT2D eigenvalue weighted by Gasteiger charge is 2.20. The monoisotopic (exact) mass is 228 g/mol. The van der Waals surface area contributed by atoms with E-state index in [-0.39, 0.29) is 0 Å². The molecule has 0 spiro atoms. The molecule has 0 unspecified atom stereocenters. The molecule has 0 atom stereocenters. The van der Waals surface area contributed by atoms with Crippen molar-refractivity contribution in [3.05, 3.63) is 0 Å². The van der Waals surface area contributed by atoms with Crippen LogP contribution in [-0.4, -0.2) is 13.2 Å². The van der Waals surface area contributed by atoms with Crippen molar-refractivity contribution in [2.45, 2.75) is 65.2 Å². The van der Waals surface area contributed by atoms with Crippen molar-refractivity contribution in [1.29, 1.82) is 0 Å². The van der Waals surface area contributed by atoms with Crippen molar-refractivity contribution < 1.29 is 9.78 Å². The molecule has 1 saturated carbocycles. The SMILES string of the molecule is CCCCOOCC1CCC(CCC)CC1. The molecule has 1 rings (SSSR count). The summed E-state index contributed by atoms with van der Waals surface area (Å²) >= 11 is 0. The molecule has 0 heterocycles. The Morgan fingerprint density at radius 1 is 0.875 bits per heavy atom. The van der Waals surface area contributed by atoms with Crippen molar-refractivity contribution in [2.24, 2.45) is 11.8 Å². The Bertz CT molecular complexity index is 151. The Morgan fingerprint density at radius 2 is 1.56 bits per heavy atom. The third-order valence-corrected chi connectivity index (χ3v) is 3.63. The van der Waals surface area contributed by atoms with E-state index in [0.717, 1.165) is 31.5 Å². The van der Waals surface area contributed by atoms with E-state index >= 15 is 0 Å². The van der Waals surface area contributed by atoms with Gasteiger partial charge in [0.15, 0.2) is 0 Å². The summed E-state index contributed by atoms with van der Waals surface area (Å²) < 4.78 is 0. The molecular formula is C14H28O2. The number of hydrogen-bond acceptors (Lipinski definition) is 2. The van der Waals surface area contributed by atoms with Gasteiger partial charge in [0.2, 0.25) is 0 Å². The lowest BCUT2D eigenvalue weighted by molar-refractivity contribution is -0.302. The van der Waals surface area contributed by atoms with E-state index in [9.17, 15) is 0 Å². The molecule has 1 aliphatic carbocycles. The maximum absolute atomic E-state index is 5.27. The molecule has 2 nitrogen and oxygen atoms in total. The molecule has 2 heteroatoms. The fourth-order valence-electron chi connectivity index (χ4n) is 2.50. The topological polar surface area (TPSA) is 18.5 Å². The van der Waals surface area contributed by atoms with Crippen LogP contribution in [0.4, 0.5) is 0 Å². The highest BCUT2D eigenvalue weighted by atomic mass is 17.2. The first-order chi connectivity index (χ1) is 7.86. The lowest BCUT2D eigenvalue weighted by Crippen LogP contribution is -2.19. The maximum atomic E-state index is 5.27. The van der Waals surface area contributed by atoms with Gasteiger partial charge < -0.3 is 0 Å². The van der Waals surface area contributed by atoms with Crippen LogP contribution < -0.4 is 0 Å². The highest BCUT2D eigenvalue weighted by molar-refractivity contribution is 4.71. The lowest BCUT2D eigenvalue weighted by atomic mass is 9.80. The van der Waals surface area contributed by atoms with Gasteiger partial charge in [0.1, 0.15) is 0 Å². The molecule has 1 aliphatic rings. The molecule has 16 heavy (non-hydrogen) atoms. The molecule has 0 radical (unpaired) electrons. The van der Waals surface area contributed by atoms with Crippen LogP contribution in [0.5, 0.6) is 0 Å². The largest absolute Gasteiger partial charge is 0.237 e. The van der Waals surface area contributed by atoms with Crippen LogP contribution in [0.1, 0.15) is 65.2 Å². The molecule has 0 aromatic rings. The first-order valence-corrected chi connectivity index (χ1v) is 7.11. The minimum Gasteiger partial charge on any atom is -0.237 e. The van der Waals surface area contributed by atoms with Gasteiger partial charge in [0.25, 0.3) is 0 Å². The molecule has 0 aromatic carbocycles. The van der Waals surface area contributed by atoms with Gasteiger partial charge in [0.05, 0.1) is 13.2 Å². The third-order valence-electron chi connectivity index (χ3n) is 3.63. The second kappa shape index (κ2) is 9.00. The van der Waals surface area contributed by atoms with Crippen molar-refractivity contribution in [3.8, 4) is 0 Å². The molecule has 0 saturated heterocycles. The second-order valence-electron chi connectivity index (χ2n) is 5.14. The van der Waals surface area contributed by atoms with E-state index < -0.39 is 0 Å².